The molecule has 1 aliphatic rings. The van der Waals surface area contributed by atoms with Gasteiger partial charge in [-0.1, -0.05) is 22.8 Å². The number of nitro groups is 1. The quantitative estimate of drug-likeness (QED) is 0.583. The third-order valence-electron chi connectivity index (χ3n) is 3.67. The average molecular weight is 265 g/mol. The highest BCUT2D eigenvalue weighted by atomic mass is 16.6. The van der Waals surface area contributed by atoms with E-state index in [2.05, 4.69) is 9.97 Å². The SMILES string of the molecule is NC(=O)C1(c2ccnc([N+](=O)[O-])n2)CCCCC1N. The van der Waals surface area contributed by atoms with Crippen LogP contribution in [0.4, 0.5) is 5.95 Å². The predicted molar refractivity (Wildman–Crippen MR) is 66.0 cm³/mol. The molecule has 0 spiro atoms. The van der Waals surface area contributed by atoms with Crippen LogP contribution in [0.15, 0.2) is 12.3 Å². The van der Waals surface area contributed by atoms with Gasteiger partial charge in [-0.15, -0.1) is 0 Å². The molecule has 2 atom stereocenters. The molecule has 2 unspecified atom stereocenters. The van der Waals surface area contributed by atoms with Crippen molar-refractivity contribution in [2.75, 3.05) is 0 Å². The normalized spacial score (nSPS) is 26.9. The number of carbonyl (C=O) groups is 1. The maximum absolute atomic E-state index is 11.9. The van der Waals surface area contributed by atoms with Gasteiger partial charge in [0.25, 0.3) is 0 Å². The fraction of sp³-hybridized carbons (Fsp3) is 0.545. The lowest BCUT2D eigenvalue weighted by atomic mass is 9.68. The van der Waals surface area contributed by atoms with E-state index < -0.39 is 28.2 Å². The molecule has 0 saturated heterocycles. The Hall–Kier alpha value is -2.09. The molecule has 0 aliphatic heterocycles. The van der Waals surface area contributed by atoms with Gasteiger partial charge in [0.1, 0.15) is 17.3 Å². The molecule has 1 aromatic rings. The van der Waals surface area contributed by atoms with E-state index in [0.29, 0.717) is 12.8 Å². The van der Waals surface area contributed by atoms with E-state index in [4.69, 9.17) is 11.5 Å². The van der Waals surface area contributed by atoms with Crippen molar-refractivity contribution in [1.82, 2.24) is 9.97 Å². The highest BCUT2D eigenvalue weighted by Crippen LogP contribution is 2.37. The number of primary amides is 1. The molecule has 4 N–H and O–H groups in total. The number of hydrogen-bond acceptors (Lipinski definition) is 6. The standard InChI is InChI=1S/C11H15N5O3/c12-7-3-1-2-5-11(7,9(13)17)8-4-6-14-10(15-8)16(18)19/h4,6-7H,1-3,5,12H2,(H2,13,17). The van der Waals surface area contributed by atoms with Crippen molar-refractivity contribution in [2.45, 2.75) is 37.1 Å². The lowest BCUT2D eigenvalue weighted by Gasteiger charge is -2.37. The second-order valence-corrected chi connectivity index (χ2v) is 4.69. The third kappa shape index (κ3) is 2.14. The molecule has 1 fully saturated rings. The van der Waals surface area contributed by atoms with Crippen molar-refractivity contribution in [3.8, 4) is 0 Å². The Balaban J connectivity index is 2.53. The van der Waals surface area contributed by atoms with E-state index in [1.165, 1.54) is 12.3 Å². The van der Waals surface area contributed by atoms with E-state index in [1.54, 1.807) is 0 Å². The fourth-order valence-corrected chi connectivity index (χ4v) is 2.63. The molecule has 1 aromatic heterocycles. The number of rotatable bonds is 3. The topological polar surface area (TPSA) is 138 Å². The number of amides is 1. The van der Waals surface area contributed by atoms with Crippen molar-refractivity contribution >= 4 is 11.9 Å². The van der Waals surface area contributed by atoms with Gasteiger partial charge in [0.2, 0.25) is 5.91 Å². The van der Waals surface area contributed by atoms with Crippen LogP contribution in [0.1, 0.15) is 31.4 Å². The monoisotopic (exact) mass is 265 g/mol. The van der Waals surface area contributed by atoms with Gasteiger partial charge in [0, 0.05) is 12.1 Å². The summed E-state index contributed by atoms with van der Waals surface area (Å²) in [5.74, 6) is -1.14. The second kappa shape index (κ2) is 4.88. The Morgan fingerprint density at radius 2 is 2.26 bits per heavy atom. The Kier molecular flexibility index (Phi) is 3.43. The Morgan fingerprint density at radius 1 is 1.53 bits per heavy atom. The summed E-state index contributed by atoms with van der Waals surface area (Å²) in [6, 6.07) is 0.997. The molecule has 1 aliphatic carbocycles. The van der Waals surface area contributed by atoms with Gasteiger partial charge < -0.3 is 21.6 Å². The van der Waals surface area contributed by atoms with Gasteiger partial charge in [0.05, 0.1) is 0 Å². The van der Waals surface area contributed by atoms with Crippen LogP contribution in [0, 0.1) is 10.1 Å². The molecule has 102 valence electrons. The molecule has 2 rings (SSSR count). The highest BCUT2D eigenvalue weighted by molar-refractivity contribution is 5.87. The Morgan fingerprint density at radius 3 is 2.84 bits per heavy atom. The van der Waals surface area contributed by atoms with Crippen molar-refractivity contribution in [1.29, 1.82) is 0 Å². The van der Waals surface area contributed by atoms with Crippen LogP contribution >= 0.6 is 0 Å². The van der Waals surface area contributed by atoms with Gasteiger partial charge in [-0.05, 0) is 17.8 Å². The molecule has 8 heteroatoms. The van der Waals surface area contributed by atoms with Crippen LogP contribution in [0.2, 0.25) is 0 Å². The number of hydrogen-bond donors (Lipinski definition) is 2. The zero-order valence-corrected chi connectivity index (χ0v) is 10.3. The molecule has 8 nitrogen and oxygen atoms in total. The van der Waals surface area contributed by atoms with Gasteiger partial charge in [0.15, 0.2) is 0 Å². The van der Waals surface area contributed by atoms with E-state index in [0.717, 1.165) is 12.8 Å². The van der Waals surface area contributed by atoms with Crippen molar-refractivity contribution < 1.29 is 9.72 Å². The van der Waals surface area contributed by atoms with E-state index in [9.17, 15) is 14.9 Å². The maximum atomic E-state index is 11.9. The molecular weight excluding hydrogens is 250 g/mol. The fourth-order valence-electron chi connectivity index (χ4n) is 2.63. The van der Waals surface area contributed by atoms with Crippen molar-refractivity contribution in [3.63, 3.8) is 0 Å². The molecule has 0 bridgehead atoms. The number of nitrogens with two attached hydrogens (primary N) is 2. The van der Waals surface area contributed by atoms with Crippen LogP contribution in [-0.4, -0.2) is 26.8 Å². The maximum Gasteiger partial charge on any atom is 0.468 e. The number of nitrogens with zero attached hydrogens (tertiary/aromatic N) is 3. The van der Waals surface area contributed by atoms with Gasteiger partial charge in [-0.2, -0.15) is 0 Å². The van der Waals surface area contributed by atoms with Crippen LogP contribution in [0.3, 0.4) is 0 Å². The molecule has 0 radical (unpaired) electrons. The molecule has 1 amide bonds. The van der Waals surface area contributed by atoms with Gasteiger partial charge >= 0.3 is 5.95 Å². The summed E-state index contributed by atoms with van der Waals surface area (Å²) in [5, 5.41) is 10.7. The van der Waals surface area contributed by atoms with Gasteiger partial charge in [-0.3, -0.25) is 4.79 Å². The van der Waals surface area contributed by atoms with Crippen molar-refractivity contribution in [2.24, 2.45) is 11.5 Å². The zero-order chi connectivity index (χ0) is 14.0. The molecule has 19 heavy (non-hydrogen) atoms. The summed E-state index contributed by atoms with van der Waals surface area (Å²) >= 11 is 0. The lowest BCUT2D eigenvalue weighted by Crippen LogP contribution is -2.56. The third-order valence-corrected chi connectivity index (χ3v) is 3.67. The summed E-state index contributed by atoms with van der Waals surface area (Å²) in [6.07, 6.45) is 4.04. The first kappa shape index (κ1) is 13.3. The summed E-state index contributed by atoms with van der Waals surface area (Å²) in [6.45, 7) is 0. The van der Waals surface area contributed by atoms with Crippen LogP contribution in [0.5, 0.6) is 0 Å². The average Bonchev–Trinajstić information content (AvgIpc) is 2.39. The minimum absolute atomic E-state index is 0.244. The Bertz CT molecular complexity index is 521. The minimum Gasteiger partial charge on any atom is -0.390 e. The summed E-state index contributed by atoms with van der Waals surface area (Å²) in [5.41, 5.74) is 10.7. The first-order valence-electron chi connectivity index (χ1n) is 6.02. The summed E-state index contributed by atoms with van der Waals surface area (Å²) < 4.78 is 0. The first-order chi connectivity index (χ1) is 8.98. The van der Waals surface area contributed by atoms with E-state index in [1.807, 2.05) is 0 Å². The molecular formula is C11H15N5O3. The Labute approximate surface area is 109 Å². The van der Waals surface area contributed by atoms with Crippen molar-refractivity contribution in [3.05, 3.63) is 28.1 Å². The lowest BCUT2D eigenvalue weighted by molar-refractivity contribution is -0.394. The number of aromatic nitrogens is 2. The molecule has 0 aromatic carbocycles. The summed E-state index contributed by atoms with van der Waals surface area (Å²) in [4.78, 5) is 29.3. The predicted octanol–water partition coefficient (Wildman–Crippen LogP) is 0.00920. The smallest absolute Gasteiger partial charge is 0.390 e. The molecule has 1 heterocycles. The van der Waals surface area contributed by atoms with Gasteiger partial charge in [-0.25, -0.2) is 0 Å². The summed E-state index contributed by atoms with van der Waals surface area (Å²) in [7, 11) is 0. The molecule has 1 saturated carbocycles. The number of carbonyl (C=O) groups excluding carboxylic acids is 1. The second-order valence-electron chi connectivity index (χ2n) is 4.69. The van der Waals surface area contributed by atoms with Crippen LogP contribution in [-0.2, 0) is 10.2 Å². The van der Waals surface area contributed by atoms with Crippen LogP contribution < -0.4 is 11.5 Å². The minimum atomic E-state index is -1.13. The van der Waals surface area contributed by atoms with E-state index in [-0.39, 0.29) is 5.69 Å². The largest absolute Gasteiger partial charge is 0.468 e. The highest BCUT2D eigenvalue weighted by Gasteiger charge is 2.49. The van der Waals surface area contributed by atoms with E-state index >= 15 is 0 Å². The van der Waals surface area contributed by atoms with Crippen LogP contribution in [0.25, 0.3) is 0 Å². The zero-order valence-electron chi connectivity index (χ0n) is 10.3. The first-order valence-corrected chi connectivity index (χ1v) is 6.02.